The van der Waals surface area contributed by atoms with Crippen LogP contribution in [0, 0.1) is 0 Å². The molecule has 5 nitrogen and oxygen atoms in total. The van der Waals surface area contributed by atoms with E-state index in [1.54, 1.807) is 4.90 Å². The average molecular weight is 426 g/mol. The van der Waals surface area contributed by atoms with E-state index in [1.165, 1.54) is 17.3 Å². The van der Waals surface area contributed by atoms with Crippen molar-refractivity contribution in [2.45, 2.75) is 26.2 Å². The molecular formula is C22H23N3O2S2. The van der Waals surface area contributed by atoms with Crippen molar-refractivity contribution < 1.29 is 9.59 Å². The summed E-state index contributed by atoms with van der Waals surface area (Å²) in [6, 6.07) is 17.5. The van der Waals surface area contributed by atoms with E-state index in [2.05, 4.69) is 29.9 Å². The molecule has 0 aliphatic carbocycles. The van der Waals surface area contributed by atoms with Crippen LogP contribution in [-0.4, -0.2) is 27.6 Å². The Balaban J connectivity index is 1.48. The average Bonchev–Trinajstić information content (AvgIpc) is 3.01. The lowest BCUT2D eigenvalue weighted by atomic mass is 10.1. The first-order valence-corrected chi connectivity index (χ1v) is 10.7. The summed E-state index contributed by atoms with van der Waals surface area (Å²) in [5.74, 6) is -0.228. The van der Waals surface area contributed by atoms with Crippen LogP contribution in [0.1, 0.15) is 30.9 Å². The number of carbonyl (C=O) groups excluding carboxylic acids is 2. The second-order valence-electron chi connectivity index (χ2n) is 6.57. The number of nitrogens with one attached hydrogen (secondary N) is 2. The number of hydrogen-bond donors (Lipinski definition) is 2. The highest BCUT2D eigenvalue weighted by molar-refractivity contribution is 8.26. The highest BCUT2D eigenvalue weighted by atomic mass is 32.2. The zero-order valence-corrected chi connectivity index (χ0v) is 17.8. The van der Waals surface area contributed by atoms with E-state index in [1.807, 2.05) is 48.5 Å². The van der Waals surface area contributed by atoms with E-state index in [0.717, 1.165) is 17.7 Å². The second kappa shape index (κ2) is 10.2. The van der Waals surface area contributed by atoms with Crippen molar-refractivity contribution in [2.75, 3.05) is 12.0 Å². The monoisotopic (exact) mass is 425 g/mol. The number of para-hydroxylation sites is 1. The predicted octanol–water partition coefficient (Wildman–Crippen LogP) is 4.37. The first-order valence-electron chi connectivity index (χ1n) is 9.51. The van der Waals surface area contributed by atoms with Crippen LogP contribution >= 0.6 is 24.0 Å². The molecule has 2 N–H and O–H groups in total. The largest absolute Gasteiger partial charge is 0.299 e. The van der Waals surface area contributed by atoms with Gasteiger partial charge in [-0.15, -0.1) is 0 Å². The van der Waals surface area contributed by atoms with Crippen molar-refractivity contribution in [3.05, 3.63) is 70.6 Å². The lowest BCUT2D eigenvalue weighted by molar-refractivity contribution is -0.123. The molecule has 1 saturated heterocycles. The fourth-order valence-corrected chi connectivity index (χ4v) is 4.13. The number of amides is 2. The molecule has 2 aromatic rings. The molecule has 1 fully saturated rings. The van der Waals surface area contributed by atoms with Gasteiger partial charge in [0.25, 0.3) is 5.91 Å². The zero-order chi connectivity index (χ0) is 20.6. The quantitative estimate of drug-likeness (QED) is 0.374. The molecule has 7 heteroatoms. The third kappa shape index (κ3) is 5.92. The number of anilines is 1. The van der Waals surface area contributed by atoms with Crippen molar-refractivity contribution in [1.29, 1.82) is 0 Å². The minimum atomic E-state index is -0.133. The molecule has 0 spiro atoms. The standard InChI is InChI=1S/C22H23N3O2S2/c1-2-16-10-12-17(13-11-16)15-19-21(27)25(22(28)29-19)14-6-9-20(26)24-23-18-7-4-3-5-8-18/h3-5,7-8,10-13,15,23H,2,6,9,14H2,1H3,(H,24,26)/b19-15+. The summed E-state index contributed by atoms with van der Waals surface area (Å²) in [5.41, 5.74) is 8.57. The first-order chi connectivity index (χ1) is 14.1. The minimum Gasteiger partial charge on any atom is -0.299 e. The summed E-state index contributed by atoms with van der Waals surface area (Å²) in [7, 11) is 0. The molecule has 150 valence electrons. The highest BCUT2D eigenvalue weighted by Crippen LogP contribution is 2.32. The number of rotatable bonds is 8. The lowest BCUT2D eigenvalue weighted by Gasteiger charge is -2.14. The molecule has 3 rings (SSSR count). The van der Waals surface area contributed by atoms with Crippen LogP contribution in [-0.2, 0) is 16.0 Å². The van der Waals surface area contributed by atoms with Gasteiger partial charge >= 0.3 is 0 Å². The number of carbonyl (C=O) groups is 2. The fourth-order valence-electron chi connectivity index (χ4n) is 2.82. The summed E-state index contributed by atoms with van der Waals surface area (Å²) in [6.45, 7) is 2.54. The number of thiocarbonyl (C=S) groups is 1. The molecule has 2 aromatic carbocycles. The van der Waals surface area contributed by atoms with Gasteiger partial charge in [0.1, 0.15) is 4.32 Å². The van der Waals surface area contributed by atoms with Crippen molar-refractivity contribution in [2.24, 2.45) is 0 Å². The van der Waals surface area contributed by atoms with Gasteiger partial charge in [0.2, 0.25) is 5.91 Å². The molecule has 29 heavy (non-hydrogen) atoms. The van der Waals surface area contributed by atoms with Crippen LogP contribution in [0.3, 0.4) is 0 Å². The molecule has 0 bridgehead atoms. The Labute approximate surface area is 180 Å². The van der Waals surface area contributed by atoms with Gasteiger partial charge in [-0.3, -0.25) is 25.3 Å². The maximum absolute atomic E-state index is 12.7. The van der Waals surface area contributed by atoms with Crippen molar-refractivity contribution in [3.63, 3.8) is 0 Å². The number of hydrogen-bond acceptors (Lipinski definition) is 5. The first kappa shape index (κ1) is 21.1. The van der Waals surface area contributed by atoms with Crippen LogP contribution in [0.4, 0.5) is 5.69 Å². The topological polar surface area (TPSA) is 61.4 Å². The van der Waals surface area contributed by atoms with Gasteiger partial charge in [0, 0.05) is 13.0 Å². The SMILES string of the molecule is CCc1ccc(/C=C2/SC(=S)N(CCCC(=O)NNc3ccccc3)C2=O)cc1. The Bertz CT molecular complexity index is 911. The normalized spacial score (nSPS) is 15.1. The summed E-state index contributed by atoms with van der Waals surface area (Å²) in [4.78, 5) is 26.8. The smallest absolute Gasteiger partial charge is 0.266 e. The van der Waals surface area contributed by atoms with Crippen LogP contribution in [0.15, 0.2) is 59.5 Å². The number of thioether (sulfide) groups is 1. The van der Waals surface area contributed by atoms with Gasteiger partial charge in [-0.2, -0.15) is 0 Å². The predicted molar refractivity (Wildman–Crippen MR) is 123 cm³/mol. The number of nitrogens with zero attached hydrogens (tertiary/aromatic N) is 1. The van der Waals surface area contributed by atoms with Crippen LogP contribution in [0.25, 0.3) is 6.08 Å². The summed E-state index contributed by atoms with van der Waals surface area (Å²) in [6.07, 6.45) is 3.69. The zero-order valence-electron chi connectivity index (χ0n) is 16.2. The minimum absolute atomic E-state index is 0.0950. The van der Waals surface area contributed by atoms with Gasteiger partial charge in [-0.25, -0.2) is 0 Å². The van der Waals surface area contributed by atoms with Gasteiger partial charge in [-0.1, -0.05) is 73.4 Å². The van der Waals surface area contributed by atoms with Crippen molar-refractivity contribution >= 4 is 51.9 Å². The van der Waals surface area contributed by atoms with E-state index in [0.29, 0.717) is 28.6 Å². The maximum atomic E-state index is 12.7. The summed E-state index contributed by atoms with van der Waals surface area (Å²) >= 11 is 6.67. The Kier molecular flexibility index (Phi) is 7.43. The van der Waals surface area contributed by atoms with E-state index >= 15 is 0 Å². The van der Waals surface area contributed by atoms with Crippen molar-refractivity contribution in [3.8, 4) is 0 Å². The molecule has 0 saturated carbocycles. The fraction of sp³-hybridized carbons (Fsp3) is 0.227. The Morgan fingerprint density at radius 3 is 2.55 bits per heavy atom. The lowest BCUT2D eigenvalue weighted by Crippen LogP contribution is -2.32. The molecule has 0 atom stereocenters. The van der Waals surface area contributed by atoms with Gasteiger partial charge < -0.3 is 0 Å². The third-order valence-corrected chi connectivity index (χ3v) is 5.84. The molecule has 2 amide bonds. The van der Waals surface area contributed by atoms with Gasteiger partial charge in [-0.05, 0) is 42.2 Å². The van der Waals surface area contributed by atoms with E-state index in [9.17, 15) is 9.59 Å². The highest BCUT2D eigenvalue weighted by Gasteiger charge is 2.31. The van der Waals surface area contributed by atoms with Gasteiger partial charge in [0.05, 0.1) is 10.6 Å². The van der Waals surface area contributed by atoms with Crippen LogP contribution in [0.2, 0.25) is 0 Å². The molecule has 1 aliphatic heterocycles. The molecule has 1 aliphatic rings. The van der Waals surface area contributed by atoms with Crippen molar-refractivity contribution in [1.82, 2.24) is 10.3 Å². The Morgan fingerprint density at radius 1 is 1.14 bits per heavy atom. The van der Waals surface area contributed by atoms with Crippen LogP contribution < -0.4 is 10.9 Å². The third-order valence-electron chi connectivity index (χ3n) is 4.46. The van der Waals surface area contributed by atoms with Gasteiger partial charge in [0.15, 0.2) is 0 Å². The molecule has 0 radical (unpaired) electrons. The number of benzene rings is 2. The van der Waals surface area contributed by atoms with E-state index in [4.69, 9.17) is 12.2 Å². The summed E-state index contributed by atoms with van der Waals surface area (Å²) in [5, 5.41) is 0. The second-order valence-corrected chi connectivity index (χ2v) is 8.25. The Hall–Kier alpha value is -2.64. The number of aryl methyl sites for hydroxylation is 1. The number of hydrazine groups is 1. The molecule has 0 aromatic heterocycles. The summed E-state index contributed by atoms with van der Waals surface area (Å²) < 4.78 is 0.536. The van der Waals surface area contributed by atoms with E-state index < -0.39 is 0 Å². The molecular weight excluding hydrogens is 402 g/mol. The Morgan fingerprint density at radius 2 is 1.86 bits per heavy atom. The van der Waals surface area contributed by atoms with Crippen LogP contribution in [0.5, 0.6) is 0 Å². The molecule has 0 unspecified atom stereocenters. The molecule has 1 heterocycles. The van der Waals surface area contributed by atoms with E-state index in [-0.39, 0.29) is 11.8 Å². The maximum Gasteiger partial charge on any atom is 0.266 e.